The molecule has 0 fully saturated rings. The normalized spacial score (nSPS) is 14.6. The standard InChI is InChI=1S/C52H38O2/c1-51(2)43-29-42-44(30-41(43)49-45(51)39-25-13-23-37(47(39)53-49)35-21-11-19-33(27-35)31-15-7-5-8-16-31)52(3,4)46-40-26-14-24-38(48(40)54-50(42)46)36-22-12-20-34(28-36)32-17-9-6-10-18-32/h5-30H,1-4H3. The van der Waals surface area contributed by atoms with E-state index in [1.807, 2.05) is 0 Å². The third-order valence-corrected chi connectivity index (χ3v) is 12.2. The molecule has 0 radical (unpaired) electrons. The molecule has 54 heavy (non-hydrogen) atoms. The van der Waals surface area contributed by atoms with E-state index >= 15 is 0 Å². The Hall–Kier alpha value is -6.38. The van der Waals surface area contributed by atoms with E-state index in [2.05, 4.69) is 185 Å². The predicted molar refractivity (Wildman–Crippen MR) is 223 cm³/mol. The van der Waals surface area contributed by atoms with Crippen LogP contribution in [0.25, 0.3) is 89.1 Å². The summed E-state index contributed by atoms with van der Waals surface area (Å²) in [6.45, 7) is 9.39. The second-order valence-corrected chi connectivity index (χ2v) is 16.1. The second kappa shape index (κ2) is 11.1. The van der Waals surface area contributed by atoms with Crippen LogP contribution in [-0.4, -0.2) is 0 Å². The molecule has 258 valence electrons. The van der Waals surface area contributed by atoms with Crippen molar-refractivity contribution in [2.45, 2.75) is 38.5 Å². The number of para-hydroxylation sites is 2. The molecule has 11 rings (SSSR count). The molecule has 0 unspecified atom stereocenters. The van der Waals surface area contributed by atoms with Gasteiger partial charge in [0.1, 0.15) is 22.7 Å². The van der Waals surface area contributed by atoms with Gasteiger partial charge in [-0.25, -0.2) is 0 Å². The monoisotopic (exact) mass is 694 g/mol. The first-order valence-electron chi connectivity index (χ1n) is 18.9. The van der Waals surface area contributed by atoms with Crippen molar-refractivity contribution in [1.82, 2.24) is 0 Å². The van der Waals surface area contributed by atoms with Crippen LogP contribution in [-0.2, 0) is 10.8 Å². The maximum atomic E-state index is 7.04. The highest BCUT2D eigenvalue weighted by atomic mass is 16.3. The summed E-state index contributed by atoms with van der Waals surface area (Å²) in [5.74, 6) is 1.98. The van der Waals surface area contributed by atoms with E-state index < -0.39 is 0 Å². The molecular formula is C52H38O2. The largest absolute Gasteiger partial charge is 0.455 e. The predicted octanol–water partition coefficient (Wildman–Crippen LogP) is 14.5. The Morgan fingerprint density at radius 2 is 0.704 bits per heavy atom. The maximum absolute atomic E-state index is 7.04. The molecule has 2 aromatic heterocycles. The molecule has 2 heterocycles. The number of hydrogen-bond donors (Lipinski definition) is 0. The Morgan fingerprint density at radius 1 is 0.333 bits per heavy atom. The van der Waals surface area contributed by atoms with Gasteiger partial charge in [-0.15, -0.1) is 0 Å². The number of rotatable bonds is 4. The smallest absolute Gasteiger partial charge is 0.142 e. The molecule has 0 atom stereocenters. The topological polar surface area (TPSA) is 26.3 Å². The van der Waals surface area contributed by atoms with Gasteiger partial charge < -0.3 is 8.83 Å². The van der Waals surface area contributed by atoms with Crippen LogP contribution in [0.1, 0.15) is 49.9 Å². The molecule has 0 spiro atoms. The van der Waals surface area contributed by atoms with Crippen molar-refractivity contribution in [1.29, 1.82) is 0 Å². The summed E-state index contributed by atoms with van der Waals surface area (Å²) in [6, 6.07) is 56.8. The zero-order valence-electron chi connectivity index (χ0n) is 30.8. The minimum Gasteiger partial charge on any atom is -0.455 e. The molecule has 0 N–H and O–H groups in total. The zero-order valence-corrected chi connectivity index (χ0v) is 30.8. The van der Waals surface area contributed by atoms with Crippen molar-refractivity contribution in [3.63, 3.8) is 0 Å². The van der Waals surface area contributed by atoms with E-state index in [0.29, 0.717) is 0 Å². The highest BCUT2D eigenvalue weighted by Crippen LogP contribution is 2.60. The number of fused-ring (bicyclic) bond motifs is 10. The average molecular weight is 695 g/mol. The molecule has 2 nitrogen and oxygen atoms in total. The molecule has 0 saturated heterocycles. The lowest BCUT2D eigenvalue weighted by Crippen LogP contribution is -2.17. The van der Waals surface area contributed by atoms with Gasteiger partial charge in [0.25, 0.3) is 0 Å². The van der Waals surface area contributed by atoms with Crippen molar-refractivity contribution < 1.29 is 8.83 Å². The lowest BCUT2D eigenvalue weighted by molar-refractivity contribution is 0.617. The van der Waals surface area contributed by atoms with E-state index in [-0.39, 0.29) is 10.8 Å². The number of benzene rings is 7. The molecule has 2 aliphatic rings. The summed E-state index contributed by atoms with van der Waals surface area (Å²) in [5.41, 5.74) is 18.2. The first-order valence-corrected chi connectivity index (χ1v) is 18.9. The van der Waals surface area contributed by atoms with E-state index in [0.717, 1.165) is 44.9 Å². The quantitative estimate of drug-likeness (QED) is 0.183. The van der Waals surface area contributed by atoms with Crippen LogP contribution in [0.5, 0.6) is 0 Å². The summed E-state index contributed by atoms with van der Waals surface area (Å²) in [5, 5.41) is 2.36. The van der Waals surface area contributed by atoms with Gasteiger partial charge in [-0.3, -0.25) is 0 Å². The van der Waals surface area contributed by atoms with Crippen molar-refractivity contribution >= 4 is 21.9 Å². The van der Waals surface area contributed by atoms with E-state index in [1.165, 1.54) is 66.4 Å². The molecular weight excluding hydrogens is 657 g/mol. The minimum atomic E-state index is -0.266. The van der Waals surface area contributed by atoms with Crippen LogP contribution in [0.3, 0.4) is 0 Å². The van der Waals surface area contributed by atoms with Crippen LogP contribution in [0.4, 0.5) is 0 Å². The van der Waals surface area contributed by atoms with Gasteiger partial charge in [0.05, 0.1) is 0 Å². The van der Waals surface area contributed by atoms with E-state index in [9.17, 15) is 0 Å². The summed E-state index contributed by atoms with van der Waals surface area (Å²) in [6.07, 6.45) is 0. The Morgan fingerprint density at radius 3 is 1.13 bits per heavy atom. The van der Waals surface area contributed by atoms with Crippen LogP contribution in [0.2, 0.25) is 0 Å². The van der Waals surface area contributed by atoms with Crippen LogP contribution in [0.15, 0.2) is 167 Å². The van der Waals surface area contributed by atoms with Gasteiger partial charge in [-0.1, -0.05) is 161 Å². The van der Waals surface area contributed by atoms with Crippen molar-refractivity contribution in [3.8, 4) is 67.2 Å². The molecule has 0 aliphatic heterocycles. The van der Waals surface area contributed by atoms with Crippen LogP contribution >= 0.6 is 0 Å². The molecule has 2 aliphatic carbocycles. The fourth-order valence-electron chi connectivity index (χ4n) is 9.59. The highest BCUT2D eigenvalue weighted by molar-refractivity contribution is 6.05. The Bertz CT molecular complexity index is 2770. The Labute approximate surface area is 315 Å². The summed E-state index contributed by atoms with van der Waals surface area (Å²) in [4.78, 5) is 0. The van der Waals surface area contributed by atoms with Crippen molar-refractivity contribution in [2.24, 2.45) is 0 Å². The van der Waals surface area contributed by atoms with Crippen LogP contribution in [0, 0.1) is 0 Å². The Kier molecular flexibility index (Phi) is 6.39. The average Bonchev–Trinajstić information content (AvgIpc) is 3.92. The molecule has 0 bridgehead atoms. The van der Waals surface area contributed by atoms with Gasteiger partial charge in [-0.05, 0) is 68.8 Å². The van der Waals surface area contributed by atoms with E-state index in [4.69, 9.17) is 8.83 Å². The molecule has 9 aromatic rings. The maximum Gasteiger partial charge on any atom is 0.142 e. The summed E-state index contributed by atoms with van der Waals surface area (Å²) >= 11 is 0. The first-order chi connectivity index (χ1) is 26.3. The summed E-state index contributed by atoms with van der Waals surface area (Å²) in [7, 11) is 0. The highest BCUT2D eigenvalue weighted by Gasteiger charge is 2.46. The lowest BCUT2D eigenvalue weighted by Gasteiger charge is -2.24. The number of hydrogen-bond acceptors (Lipinski definition) is 2. The third kappa shape index (κ3) is 4.28. The van der Waals surface area contributed by atoms with E-state index in [1.54, 1.807) is 0 Å². The van der Waals surface area contributed by atoms with Crippen molar-refractivity contribution in [2.75, 3.05) is 0 Å². The lowest BCUT2D eigenvalue weighted by atomic mass is 9.78. The number of furan rings is 2. The van der Waals surface area contributed by atoms with Gasteiger partial charge in [0.15, 0.2) is 0 Å². The molecule has 2 heteroatoms. The van der Waals surface area contributed by atoms with Gasteiger partial charge in [0.2, 0.25) is 0 Å². The van der Waals surface area contributed by atoms with Gasteiger partial charge in [0, 0.05) is 55.0 Å². The zero-order chi connectivity index (χ0) is 36.3. The van der Waals surface area contributed by atoms with Gasteiger partial charge >= 0.3 is 0 Å². The molecule has 7 aromatic carbocycles. The van der Waals surface area contributed by atoms with Gasteiger partial charge in [-0.2, -0.15) is 0 Å². The third-order valence-electron chi connectivity index (χ3n) is 12.2. The fourth-order valence-corrected chi connectivity index (χ4v) is 9.59. The van der Waals surface area contributed by atoms with Crippen molar-refractivity contribution in [3.05, 3.63) is 180 Å². The fraction of sp³-hybridized carbons (Fsp3) is 0.115. The minimum absolute atomic E-state index is 0.266. The SMILES string of the molecule is CC1(C)c2cc3c(cc2-c2oc4c(-c5cccc(-c6ccccc6)c5)cccc4c21)C(C)(C)c1c-3oc2c(-c3cccc(-c4ccccc4)c3)cccc12. The first kappa shape index (κ1) is 31.2. The Balaban J connectivity index is 1.05. The molecule has 0 amide bonds. The van der Waals surface area contributed by atoms with Crippen LogP contribution < -0.4 is 0 Å². The molecule has 0 saturated carbocycles. The summed E-state index contributed by atoms with van der Waals surface area (Å²) < 4.78 is 14.1. The second-order valence-electron chi connectivity index (χ2n) is 16.1.